The van der Waals surface area contributed by atoms with Crippen molar-refractivity contribution in [3.63, 3.8) is 0 Å². The van der Waals surface area contributed by atoms with Gasteiger partial charge in [-0.1, -0.05) is 12.1 Å². The van der Waals surface area contributed by atoms with Crippen molar-refractivity contribution in [3.05, 3.63) is 48.8 Å². The highest BCUT2D eigenvalue weighted by Gasteiger charge is 2.19. The van der Waals surface area contributed by atoms with Gasteiger partial charge in [0.25, 0.3) is 0 Å². The molecule has 2 heterocycles. The van der Waals surface area contributed by atoms with E-state index in [2.05, 4.69) is 24.7 Å². The van der Waals surface area contributed by atoms with Gasteiger partial charge in [0.15, 0.2) is 0 Å². The average Bonchev–Trinajstić information content (AvgIpc) is 3.10. The van der Waals surface area contributed by atoms with E-state index in [9.17, 15) is 9.18 Å². The third kappa shape index (κ3) is 4.62. The molecule has 0 spiro atoms. The van der Waals surface area contributed by atoms with Crippen LogP contribution in [-0.4, -0.2) is 64.5 Å². The van der Waals surface area contributed by atoms with Crippen LogP contribution in [0.1, 0.15) is 0 Å². The van der Waals surface area contributed by atoms with Crippen molar-refractivity contribution in [1.29, 1.82) is 0 Å². The number of hydrogen-bond donors (Lipinski definition) is 1. The summed E-state index contributed by atoms with van der Waals surface area (Å²) in [5.74, 6) is -0.581. The number of halogens is 1. The molecule has 0 atom stereocenters. The second-order valence-corrected chi connectivity index (χ2v) is 5.95. The number of nitrogens with zero attached hydrogens (tertiary/aromatic N) is 4. The molecule has 1 N–H and O–H groups in total. The fourth-order valence-electron chi connectivity index (χ4n) is 2.80. The standard InChI is InChI=1S/C17H22FN5O/c18-15-3-1-2-4-16(15)20-17(24)13-22-10-7-21(8-11-22)9-12-23-6-5-19-14-23/h1-6,14H,7-13H2,(H,20,24). The van der Waals surface area contributed by atoms with Crippen LogP contribution in [0.4, 0.5) is 10.1 Å². The number of rotatable bonds is 6. The summed E-state index contributed by atoms with van der Waals surface area (Å²) < 4.78 is 15.6. The van der Waals surface area contributed by atoms with Crippen molar-refractivity contribution >= 4 is 11.6 Å². The predicted octanol–water partition coefficient (Wildman–Crippen LogP) is 1.28. The maximum Gasteiger partial charge on any atom is 0.238 e. The molecular formula is C17H22FN5O. The Balaban J connectivity index is 1.39. The summed E-state index contributed by atoms with van der Waals surface area (Å²) in [5.41, 5.74) is 0.237. The molecule has 0 unspecified atom stereocenters. The Bertz CT molecular complexity index is 653. The van der Waals surface area contributed by atoms with Crippen molar-refractivity contribution in [2.75, 3.05) is 44.6 Å². The molecular weight excluding hydrogens is 309 g/mol. The van der Waals surface area contributed by atoms with Gasteiger partial charge in [0.2, 0.25) is 5.91 Å². The zero-order valence-corrected chi connectivity index (χ0v) is 13.6. The van der Waals surface area contributed by atoms with Crippen molar-refractivity contribution in [1.82, 2.24) is 19.4 Å². The minimum absolute atomic E-state index is 0.174. The minimum atomic E-state index is -0.407. The first kappa shape index (κ1) is 16.6. The van der Waals surface area contributed by atoms with E-state index in [4.69, 9.17) is 0 Å². The van der Waals surface area contributed by atoms with Gasteiger partial charge >= 0.3 is 0 Å². The maximum atomic E-state index is 13.5. The number of piperazine rings is 1. The summed E-state index contributed by atoms with van der Waals surface area (Å²) in [6.07, 6.45) is 5.57. The second kappa shape index (κ2) is 8.03. The number of anilines is 1. The Morgan fingerprint density at radius 1 is 1.12 bits per heavy atom. The van der Waals surface area contributed by atoms with Crippen LogP contribution in [0.2, 0.25) is 0 Å². The van der Waals surface area contributed by atoms with Crippen molar-refractivity contribution < 1.29 is 9.18 Å². The number of hydrogen-bond acceptors (Lipinski definition) is 4. The van der Waals surface area contributed by atoms with Gasteiger partial charge in [-0.25, -0.2) is 9.37 Å². The molecule has 3 rings (SSSR count). The van der Waals surface area contributed by atoms with Crippen LogP contribution < -0.4 is 5.32 Å². The number of benzene rings is 1. The number of amides is 1. The van der Waals surface area contributed by atoms with Gasteiger partial charge in [0.05, 0.1) is 18.6 Å². The van der Waals surface area contributed by atoms with Gasteiger partial charge in [-0.15, -0.1) is 0 Å². The first-order chi connectivity index (χ1) is 11.7. The molecule has 2 aromatic rings. The molecule has 0 bridgehead atoms. The Labute approximate surface area is 140 Å². The van der Waals surface area contributed by atoms with E-state index in [1.165, 1.54) is 6.07 Å². The summed E-state index contributed by atoms with van der Waals surface area (Å²) in [4.78, 5) is 20.6. The third-order valence-electron chi connectivity index (χ3n) is 4.21. The van der Waals surface area contributed by atoms with E-state index in [1.54, 1.807) is 24.4 Å². The molecule has 1 aliphatic heterocycles. The van der Waals surface area contributed by atoms with E-state index < -0.39 is 5.82 Å². The third-order valence-corrected chi connectivity index (χ3v) is 4.21. The lowest BCUT2D eigenvalue weighted by molar-refractivity contribution is -0.117. The highest BCUT2D eigenvalue weighted by molar-refractivity contribution is 5.92. The summed E-state index contributed by atoms with van der Waals surface area (Å²) >= 11 is 0. The second-order valence-electron chi connectivity index (χ2n) is 5.95. The molecule has 1 aliphatic rings. The maximum absolute atomic E-state index is 13.5. The molecule has 1 aromatic carbocycles. The summed E-state index contributed by atoms with van der Waals surface area (Å²) in [6.45, 7) is 5.75. The van der Waals surface area contributed by atoms with E-state index in [0.29, 0.717) is 6.54 Å². The van der Waals surface area contributed by atoms with E-state index in [1.807, 2.05) is 12.5 Å². The van der Waals surface area contributed by atoms with Gasteiger partial charge in [0.1, 0.15) is 5.82 Å². The lowest BCUT2D eigenvalue weighted by Crippen LogP contribution is -2.49. The van der Waals surface area contributed by atoms with E-state index >= 15 is 0 Å². The van der Waals surface area contributed by atoms with E-state index in [-0.39, 0.29) is 11.6 Å². The lowest BCUT2D eigenvalue weighted by Gasteiger charge is -2.34. The van der Waals surface area contributed by atoms with Crippen LogP contribution in [0.15, 0.2) is 43.0 Å². The van der Waals surface area contributed by atoms with Crippen LogP contribution in [0.5, 0.6) is 0 Å². The Morgan fingerprint density at radius 2 is 1.88 bits per heavy atom. The highest BCUT2D eigenvalue weighted by Crippen LogP contribution is 2.12. The van der Waals surface area contributed by atoms with Crippen LogP contribution in [0.25, 0.3) is 0 Å². The fourth-order valence-corrected chi connectivity index (χ4v) is 2.80. The predicted molar refractivity (Wildman–Crippen MR) is 90.1 cm³/mol. The number of nitrogens with one attached hydrogen (secondary N) is 1. The SMILES string of the molecule is O=C(CN1CCN(CCn2ccnc2)CC1)Nc1ccccc1F. The van der Waals surface area contributed by atoms with Crippen LogP contribution in [0.3, 0.4) is 0 Å². The van der Waals surface area contributed by atoms with Gasteiger partial charge in [-0.3, -0.25) is 14.6 Å². The monoisotopic (exact) mass is 331 g/mol. The topological polar surface area (TPSA) is 53.4 Å². The highest BCUT2D eigenvalue weighted by atomic mass is 19.1. The number of para-hydroxylation sites is 1. The summed E-state index contributed by atoms with van der Waals surface area (Å²) in [5, 5.41) is 2.63. The zero-order valence-electron chi connectivity index (χ0n) is 13.6. The Kier molecular flexibility index (Phi) is 5.55. The molecule has 7 heteroatoms. The quantitative estimate of drug-likeness (QED) is 0.866. The molecule has 24 heavy (non-hydrogen) atoms. The van der Waals surface area contributed by atoms with Crippen LogP contribution in [-0.2, 0) is 11.3 Å². The number of imidazole rings is 1. The molecule has 1 aromatic heterocycles. The largest absolute Gasteiger partial charge is 0.336 e. The average molecular weight is 331 g/mol. The summed E-state index contributed by atoms with van der Waals surface area (Å²) in [7, 11) is 0. The zero-order chi connectivity index (χ0) is 16.8. The fraction of sp³-hybridized carbons (Fsp3) is 0.412. The molecule has 0 saturated carbocycles. The van der Waals surface area contributed by atoms with Gasteiger partial charge in [-0.2, -0.15) is 0 Å². The van der Waals surface area contributed by atoms with Crippen molar-refractivity contribution in [2.24, 2.45) is 0 Å². The van der Waals surface area contributed by atoms with Gasteiger partial charge < -0.3 is 9.88 Å². The summed E-state index contributed by atoms with van der Waals surface area (Å²) in [6, 6.07) is 6.22. The molecule has 1 fully saturated rings. The lowest BCUT2D eigenvalue weighted by atomic mass is 10.3. The van der Waals surface area contributed by atoms with Crippen molar-refractivity contribution in [2.45, 2.75) is 6.54 Å². The normalized spacial score (nSPS) is 16.2. The Morgan fingerprint density at radius 3 is 2.58 bits per heavy atom. The van der Waals surface area contributed by atoms with Gasteiger partial charge in [0, 0.05) is 51.7 Å². The molecule has 0 aliphatic carbocycles. The van der Waals surface area contributed by atoms with E-state index in [0.717, 1.165) is 39.3 Å². The number of aromatic nitrogens is 2. The van der Waals surface area contributed by atoms with Crippen molar-refractivity contribution in [3.8, 4) is 0 Å². The molecule has 128 valence electrons. The molecule has 6 nitrogen and oxygen atoms in total. The minimum Gasteiger partial charge on any atom is -0.336 e. The number of carbonyl (C=O) groups is 1. The first-order valence-electron chi connectivity index (χ1n) is 8.15. The molecule has 0 radical (unpaired) electrons. The molecule has 1 saturated heterocycles. The number of carbonyl (C=O) groups excluding carboxylic acids is 1. The molecule has 1 amide bonds. The van der Waals surface area contributed by atoms with Crippen LogP contribution in [0, 0.1) is 5.82 Å². The van der Waals surface area contributed by atoms with Crippen LogP contribution >= 0.6 is 0 Å². The smallest absolute Gasteiger partial charge is 0.238 e. The van der Waals surface area contributed by atoms with Gasteiger partial charge in [-0.05, 0) is 12.1 Å². The Hall–Kier alpha value is -2.25. The first-order valence-corrected chi connectivity index (χ1v) is 8.15.